The maximum Gasteiger partial charge on any atom is 0.131 e. The minimum absolute atomic E-state index is 0.167. The maximum atomic E-state index is 12.5. The third-order valence-electron chi connectivity index (χ3n) is 3.90. The Morgan fingerprint density at radius 1 is 1.46 bits per heavy atom. The minimum Gasteiger partial charge on any atom is -0.379 e. The van der Waals surface area contributed by atoms with Gasteiger partial charge >= 0.3 is 0 Å². The lowest BCUT2D eigenvalue weighted by Gasteiger charge is -2.07. The number of hydrogen-bond donors (Lipinski definition) is 2. The Kier molecular flexibility index (Phi) is 5.71. The zero-order valence-electron chi connectivity index (χ0n) is 13.3. The summed E-state index contributed by atoms with van der Waals surface area (Å²) < 4.78 is 13.6. The number of nitrogens with one attached hydrogen (secondary N) is 1. The quantitative estimate of drug-likeness (QED) is 0.554. The van der Waals surface area contributed by atoms with E-state index in [-0.39, 0.29) is 12.7 Å². The van der Waals surface area contributed by atoms with Crippen molar-refractivity contribution in [2.75, 3.05) is 12.0 Å². The summed E-state index contributed by atoms with van der Waals surface area (Å²) in [5.74, 6) is 0. The molecule has 3 aromatic rings. The fraction of sp³-hybridized carbons (Fsp3) is 0.353. The predicted molar refractivity (Wildman–Crippen MR) is 103 cm³/mol. The molecule has 3 aromatic heterocycles. The number of pyridine rings is 1. The van der Waals surface area contributed by atoms with Crippen LogP contribution in [-0.2, 0) is 13.0 Å². The summed E-state index contributed by atoms with van der Waals surface area (Å²) in [5.41, 5.74) is 8.98. The third kappa shape index (κ3) is 3.88. The van der Waals surface area contributed by atoms with Gasteiger partial charge in [-0.1, -0.05) is 17.7 Å². The number of fused-ring (bicyclic) bond motifs is 1. The van der Waals surface area contributed by atoms with Crippen LogP contribution in [0, 0.1) is 6.92 Å². The van der Waals surface area contributed by atoms with Crippen LogP contribution in [0.1, 0.15) is 21.7 Å². The fourth-order valence-electron chi connectivity index (χ4n) is 2.59. The molecule has 3 N–H and O–H groups in total. The average molecular weight is 384 g/mol. The molecule has 0 fully saturated rings. The first-order valence-electron chi connectivity index (χ1n) is 7.74. The van der Waals surface area contributed by atoms with Crippen molar-refractivity contribution in [1.29, 1.82) is 0 Å². The van der Waals surface area contributed by atoms with Gasteiger partial charge in [-0.05, 0) is 36.8 Å². The molecule has 0 saturated carbocycles. The van der Waals surface area contributed by atoms with Gasteiger partial charge < -0.3 is 11.1 Å². The van der Waals surface area contributed by atoms with E-state index in [4.69, 9.17) is 17.3 Å². The molecule has 0 saturated heterocycles. The van der Waals surface area contributed by atoms with E-state index in [1.807, 2.05) is 19.1 Å². The summed E-state index contributed by atoms with van der Waals surface area (Å²) >= 11 is 9.59. The van der Waals surface area contributed by atoms with E-state index in [1.165, 1.54) is 4.88 Å². The Balaban J connectivity index is 1.91. The van der Waals surface area contributed by atoms with Gasteiger partial charge in [0, 0.05) is 28.4 Å². The van der Waals surface area contributed by atoms with Gasteiger partial charge in [0.2, 0.25) is 0 Å². The Labute approximate surface area is 153 Å². The van der Waals surface area contributed by atoms with Crippen molar-refractivity contribution in [3.8, 4) is 0 Å². The zero-order valence-corrected chi connectivity index (χ0v) is 15.7. The van der Waals surface area contributed by atoms with Crippen molar-refractivity contribution >= 4 is 50.2 Å². The molecule has 0 aromatic carbocycles. The van der Waals surface area contributed by atoms with Gasteiger partial charge in [-0.15, -0.1) is 22.7 Å². The number of aromatic nitrogens is 1. The number of anilines is 1. The van der Waals surface area contributed by atoms with Gasteiger partial charge in [0.15, 0.2) is 0 Å². The Bertz CT molecular complexity index is 817. The second kappa shape index (κ2) is 7.78. The van der Waals surface area contributed by atoms with Gasteiger partial charge in [0.05, 0.1) is 22.6 Å². The third-order valence-corrected chi connectivity index (χ3v) is 6.31. The Hall–Kier alpha value is -1.21. The fourth-order valence-corrected chi connectivity index (χ4v) is 4.76. The molecule has 3 nitrogen and oxygen atoms in total. The number of thiophene rings is 2. The monoisotopic (exact) mass is 383 g/mol. The molecule has 0 spiro atoms. The van der Waals surface area contributed by atoms with E-state index in [1.54, 1.807) is 22.7 Å². The molecule has 1 atom stereocenters. The smallest absolute Gasteiger partial charge is 0.131 e. The van der Waals surface area contributed by atoms with Crippen molar-refractivity contribution in [2.45, 2.75) is 32.4 Å². The van der Waals surface area contributed by atoms with Crippen LogP contribution < -0.4 is 11.1 Å². The molecular formula is C17H19ClFN3S2. The van der Waals surface area contributed by atoms with Gasteiger partial charge in [-0.2, -0.15) is 0 Å². The van der Waals surface area contributed by atoms with Crippen molar-refractivity contribution in [1.82, 2.24) is 4.98 Å². The van der Waals surface area contributed by atoms with E-state index in [9.17, 15) is 4.39 Å². The van der Waals surface area contributed by atoms with Crippen molar-refractivity contribution in [3.05, 3.63) is 44.1 Å². The molecule has 0 amide bonds. The molecule has 3 heterocycles. The second-order valence-corrected chi connectivity index (χ2v) is 8.22. The standard InChI is InChI=1S/C17H19ClFN3S2/c1-10-14(7-11(20)4-5-19)24-17-13(8-15(18)22-16(10)17)21-9-12-3-2-6-23-12/h2-3,6,8,11H,4-5,7,9,20H2,1H3,(H,21,22)/t11-/m0/s1. The first-order chi connectivity index (χ1) is 11.6. The highest BCUT2D eigenvalue weighted by atomic mass is 35.5. The lowest BCUT2D eigenvalue weighted by Crippen LogP contribution is -2.23. The highest BCUT2D eigenvalue weighted by Crippen LogP contribution is 2.37. The number of alkyl halides is 1. The molecular weight excluding hydrogens is 365 g/mol. The maximum absolute atomic E-state index is 12.5. The minimum atomic E-state index is -0.386. The van der Waals surface area contributed by atoms with E-state index in [0.717, 1.165) is 32.9 Å². The largest absolute Gasteiger partial charge is 0.379 e. The average Bonchev–Trinajstić information content (AvgIpc) is 3.15. The van der Waals surface area contributed by atoms with Crippen LogP contribution in [0.3, 0.4) is 0 Å². The number of nitrogens with two attached hydrogens (primary N) is 1. The first-order valence-corrected chi connectivity index (χ1v) is 9.82. The van der Waals surface area contributed by atoms with Crippen molar-refractivity contribution in [2.24, 2.45) is 5.73 Å². The van der Waals surface area contributed by atoms with Crippen LogP contribution in [0.2, 0.25) is 5.15 Å². The van der Waals surface area contributed by atoms with Crippen molar-refractivity contribution in [3.63, 3.8) is 0 Å². The summed E-state index contributed by atoms with van der Waals surface area (Å²) in [6, 6.07) is 5.83. The van der Waals surface area contributed by atoms with E-state index < -0.39 is 0 Å². The highest BCUT2D eigenvalue weighted by molar-refractivity contribution is 7.19. The molecule has 24 heavy (non-hydrogen) atoms. The molecule has 128 valence electrons. The van der Waals surface area contributed by atoms with Crippen LogP contribution in [0.15, 0.2) is 23.6 Å². The number of nitrogens with zero attached hydrogens (tertiary/aromatic N) is 1. The van der Waals surface area contributed by atoms with E-state index in [2.05, 4.69) is 21.7 Å². The molecule has 7 heteroatoms. The SMILES string of the molecule is Cc1c(C[C@@H](N)CCF)sc2c(NCc3cccs3)cc(Cl)nc12. The number of halogens is 2. The summed E-state index contributed by atoms with van der Waals surface area (Å²) in [5, 5.41) is 5.99. The van der Waals surface area contributed by atoms with Crippen LogP contribution in [0.5, 0.6) is 0 Å². The lowest BCUT2D eigenvalue weighted by molar-refractivity contribution is 0.436. The van der Waals surface area contributed by atoms with Gasteiger partial charge in [0.1, 0.15) is 5.15 Å². The summed E-state index contributed by atoms with van der Waals surface area (Å²) in [7, 11) is 0. The number of hydrogen-bond acceptors (Lipinski definition) is 5. The van der Waals surface area contributed by atoms with Crippen LogP contribution in [-0.4, -0.2) is 17.7 Å². The topological polar surface area (TPSA) is 50.9 Å². The van der Waals surface area contributed by atoms with E-state index in [0.29, 0.717) is 18.0 Å². The first kappa shape index (κ1) is 17.6. The van der Waals surface area contributed by atoms with Crippen LogP contribution in [0.25, 0.3) is 10.2 Å². The normalized spacial score (nSPS) is 12.7. The van der Waals surface area contributed by atoms with Gasteiger partial charge in [-0.3, -0.25) is 4.39 Å². The second-order valence-electron chi connectivity index (χ2n) is 5.70. The molecule has 0 aliphatic rings. The van der Waals surface area contributed by atoms with Gasteiger partial charge in [0.25, 0.3) is 0 Å². The molecule has 3 rings (SSSR count). The van der Waals surface area contributed by atoms with Crippen molar-refractivity contribution < 1.29 is 4.39 Å². The predicted octanol–water partition coefficient (Wildman–Crippen LogP) is 5.16. The summed E-state index contributed by atoms with van der Waals surface area (Å²) in [6.07, 6.45) is 1.05. The lowest BCUT2D eigenvalue weighted by atomic mass is 10.1. The number of aryl methyl sites for hydroxylation is 1. The number of rotatable bonds is 7. The molecule has 0 bridgehead atoms. The van der Waals surface area contributed by atoms with E-state index >= 15 is 0 Å². The van der Waals surface area contributed by atoms with Crippen LogP contribution >= 0.6 is 34.3 Å². The Morgan fingerprint density at radius 3 is 3.00 bits per heavy atom. The Morgan fingerprint density at radius 2 is 2.29 bits per heavy atom. The summed E-state index contributed by atoms with van der Waals surface area (Å²) in [6.45, 7) is 2.40. The molecule has 0 unspecified atom stereocenters. The zero-order chi connectivity index (χ0) is 17.1. The molecule has 0 aliphatic carbocycles. The van der Waals surface area contributed by atoms with Gasteiger partial charge in [-0.25, -0.2) is 4.98 Å². The highest BCUT2D eigenvalue weighted by Gasteiger charge is 2.16. The molecule has 0 aliphatic heterocycles. The summed E-state index contributed by atoms with van der Waals surface area (Å²) in [4.78, 5) is 6.89. The molecule has 0 radical (unpaired) electrons. The van der Waals surface area contributed by atoms with Crippen LogP contribution in [0.4, 0.5) is 10.1 Å².